The van der Waals surface area contributed by atoms with Gasteiger partial charge in [0.1, 0.15) is 0 Å². The van der Waals surface area contributed by atoms with Gasteiger partial charge in [0.05, 0.1) is 12.2 Å². The lowest BCUT2D eigenvalue weighted by atomic mass is 10.1. The van der Waals surface area contributed by atoms with E-state index >= 15 is 0 Å². The number of anilines is 2. The van der Waals surface area contributed by atoms with E-state index in [0.29, 0.717) is 24.5 Å². The number of benzene rings is 1. The molecule has 0 fully saturated rings. The van der Waals surface area contributed by atoms with Gasteiger partial charge in [-0.05, 0) is 25.2 Å². The summed E-state index contributed by atoms with van der Waals surface area (Å²) in [7, 11) is 3.65. The predicted molar refractivity (Wildman–Crippen MR) is 75.7 cm³/mol. The molecule has 0 spiro atoms. The lowest BCUT2D eigenvalue weighted by Gasteiger charge is -2.17. The van der Waals surface area contributed by atoms with Crippen molar-refractivity contribution in [3.63, 3.8) is 0 Å². The Balaban J connectivity index is 2.51. The van der Waals surface area contributed by atoms with Gasteiger partial charge < -0.3 is 25.8 Å². The number of rotatable bonds is 8. The number of nitrogens with one attached hydrogen (secondary N) is 1. The molecule has 0 aliphatic rings. The molecule has 6 nitrogen and oxygen atoms in total. The van der Waals surface area contributed by atoms with Crippen LogP contribution >= 0.6 is 0 Å². The number of hydrogen-bond acceptors (Lipinski definition) is 5. The molecule has 1 rings (SSSR count). The van der Waals surface area contributed by atoms with E-state index in [9.17, 15) is 4.79 Å². The normalized spacial score (nSPS) is 10.7. The van der Waals surface area contributed by atoms with Crippen LogP contribution in [0.4, 0.5) is 11.4 Å². The molecule has 0 saturated carbocycles. The maximum Gasteiger partial charge on any atom is 0.337 e. The topological polar surface area (TPSA) is 87.8 Å². The number of nitrogens with two attached hydrogens (primary N) is 1. The first-order valence-electron chi connectivity index (χ1n) is 6.08. The molecule has 0 bridgehead atoms. The lowest BCUT2D eigenvalue weighted by molar-refractivity contribution is 0.0698. The lowest BCUT2D eigenvalue weighted by Crippen LogP contribution is -2.28. The first-order valence-corrected chi connectivity index (χ1v) is 6.08. The number of carboxylic acids is 1. The summed E-state index contributed by atoms with van der Waals surface area (Å²) in [6, 6.07) is 4.83. The molecule has 0 unspecified atom stereocenters. The van der Waals surface area contributed by atoms with Gasteiger partial charge in [-0.3, -0.25) is 0 Å². The van der Waals surface area contributed by atoms with Gasteiger partial charge in [-0.15, -0.1) is 0 Å². The van der Waals surface area contributed by atoms with E-state index in [0.717, 1.165) is 13.1 Å². The molecule has 0 radical (unpaired) electrons. The minimum absolute atomic E-state index is 0.194. The summed E-state index contributed by atoms with van der Waals surface area (Å²) in [6.45, 7) is 2.97. The molecule has 0 atom stereocenters. The smallest absolute Gasteiger partial charge is 0.337 e. The standard InChI is InChI=1S/C13H21N3O3/c1-16(7-8-19-2)6-5-15-12-4-3-10(14)9-11(12)13(17)18/h3-4,9,15H,5-8,14H2,1-2H3,(H,17,18). The van der Waals surface area contributed by atoms with Gasteiger partial charge in [0.2, 0.25) is 0 Å². The highest BCUT2D eigenvalue weighted by atomic mass is 16.5. The van der Waals surface area contributed by atoms with Gasteiger partial charge in [-0.1, -0.05) is 0 Å². The number of aromatic carboxylic acids is 1. The van der Waals surface area contributed by atoms with Gasteiger partial charge in [0, 0.05) is 38.1 Å². The van der Waals surface area contributed by atoms with Gasteiger partial charge in [0.15, 0.2) is 0 Å². The van der Waals surface area contributed by atoms with Crippen LogP contribution in [0.5, 0.6) is 0 Å². The first-order chi connectivity index (χ1) is 9.04. The third kappa shape index (κ3) is 5.15. The number of methoxy groups -OCH3 is 1. The van der Waals surface area contributed by atoms with Crippen molar-refractivity contribution in [2.75, 3.05) is 51.4 Å². The molecule has 106 valence electrons. The highest BCUT2D eigenvalue weighted by Gasteiger charge is 2.10. The number of ether oxygens (including phenoxy) is 1. The highest BCUT2D eigenvalue weighted by Crippen LogP contribution is 2.18. The molecule has 0 heterocycles. The number of carbonyl (C=O) groups is 1. The number of hydrogen-bond donors (Lipinski definition) is 3. The van der Waals surface area contributed by atoms with Gasteiger partial charge >= 0.3 is 5.97 Å². The zero-order valence-corrected chi connectivity index (χ0v) is 11.3. The molecular weight excluding hydrogens is 246 g/mol. The van der Waals surface area contributed by atoms with Crippen LogP contribution < -0.4 is 11.1 Å². The summed E-state index contributed by atoms with van der Waals surface area (Å²) in [5.41, 5.74) is 6.81. The van der Waals surface area contributed by atoms with E-state index < -0.39 is 5.97 Å². The summed E-state index contributed by atoms with van der Waals surface area (Å²) in [5.74, 6) is -0.984. The summed E-state index contributed by atoms with van der Waals surface area (Å²) >= 11 is 0. The average Bonchev–Trinajstić information content (AvgIpc) is 2.37. The molecule has 0 saturated heterocycles. The molecule has 0 amide bonds. The summed E-state index contributed by atoms with van der Waals surface area (Å²) in [5, 5.41) is 12.2. The zero-order valence-electron chi connectivity index (χ0n) is 11.3. The molecule has 1 aromatic carbocycles. The Labute approximate surface area is 113 Å². The number of likely N-dealkylation sites (N-methyl/N-ethyl adjacent to an activating group) is 1. The van der Waals surface area contributed by atoms with Crippen molar-refractivity contribution in [1.82, 2.24) is 4.90 Å². The Kier molecular flexibility index (Phi) is 6.11. The number of carboxylic acid groups (broad SMARTS) is 1. The Morgan fingerprint density at radius 1 is 1.47 bits per heavy atom. The van der Waals surface area contributed by atoms with Gasteiger partial charge in [-0.25, -0.2) is 4.79 Å². The van der Waals surface area contributed by atoms with Crippen LogP contribution in [0.3, 0.4) is 0 Å². The fraction of sp³-hybridized carbons (Fsp3) is 0.462. The first kappa shape index (κ1) is 15.3. The van der Waals surface area contributed by atoms with Crippen LogP contribution in [0.1, 0.15) is 10.4 Å². The van der Waals surface area contributed by atoms with Crippen molar-refractivity contribution in [3.05, 3.63) is 23.8 Å². The monoisotopic (exact) mass is 267 g/mol. The van der Waals surface area contributed by atoms with E-state index in [1.165, 1.54) is 6.07 Å². The summed E-state index contributed by atoms with van der Waals surface area (Å²) in [4.78, 5) is 13.2. The molecule has 0 aromatic heterocycles. The maximum absolute atomic E-state index is 11.1. The minimum Gasteiger partial charge on any atom is -0.478 e. The van der Waals surface area contributed by atoms with E-state index in [1.807, 2.05) is 7.05 Å². The van der Waals surface area contributed by atoms with Crippen LogP contribution in [0, 0.1) is 0 Å². The average molecular weight is 267 g/mol. The molecular formula is C13H21N3O3. The SMILES string of the molecule is COCCN(C)CCNc1ccc(N)cc1C(=O)O. The maximum atomic E-state index is 11.1. The third-order valence-corrected chi connectivity index (χ3v) is 2.76. The Morgan fingerprint density at radius 3 is 2.84 bits per heavy atom. The quantitative estimate of drug-likeness (QED) is 0.608. The van der Waals surface area contributed by atoms with Crippen LogP contribution in [0.2, 0.25) is 0 Å². The molecule has 19 heavy (non-hydrogen) atoms. The van der Waals surface area contributed by atoms with E-state index in [4.69, 9.17) is 15.6 Å². The molecule has 4 N–H and O–H groups in total. The van der Waals surface area contributed by atoms with Crippen LogP contribution in [0.15, 0.2) is 18.2 Å². The number of nitrogens with zero attached hydrogens (tertiary/aromatic N) is 1. The van der Waals surface area contributed by atoms with E-state index in [1.54, 1.807) is 19.2 Å². The van der Waals surface area contributed by atoms with Gasteiger partial charge in [0.25, 0.3) is 0 Å². The fourth-order valence-corrected chi connectivity index (χ4v) is 1.63. The molecule has 0 aliphatic carbocycles. The van der Waals surface area contributed by atoms with Crippen molar-refractivity contribution < 1.29 is 14.6 Å². The Bertz CT molecular complexity index is 424. The van der Waals surface area contributed by atoms with Crippen LogP contribution in [-0.2, 0) is 4.74 Å². The van der Waals surface area contributed by atoms with E-state index in [2.05, 4.69) is 10.2 Å². The van der Waals surface area contributed by atoms with Crippen molar-refractivity contribution >= 4 is 17.3 Å². The Morgan fingerprint density at radius 2 is 2.21 bits per heavy atom. The number of nitrogen functional groups attached to an aromatic ring is 1. The fourth-order valence-electron chi connectivity index (χ4n) is 1.63. The van der Waals surface area contributed by atoms with Gasteiger partial charge in [-0.2, -0.15) is 0 Å². The van der Waals surface area contributed by atoms with Crippen molar-refractivity contribution in [3.8, 4) is 0 Å². The highest BCUT2D eigenvalue weighted by molar-refractivity contribution is 5.95. The Hall–Kier alpha value is -1.79. The third-order valence-electron chi connectivity index (χ3n) is 2.76. The second-order valence-electron chi connectivity index (χ2n) is 4.33. The van der Waals surface area contributed by atoms with Crippen LogP contribution in [0.25, 0.3) is 0 Å². The molecule has 1 aromatic rings. The largest absolute Gasteiger partial charge is 0.478 e. The minimum atomic E-state index is -0.984. The second-order valence-corrected chi connectivity index (χ2v) is 4.33. The van der Waals surface area contributed by atoms with Crippen LogP contribution in [-0.4, -0.2) is 56.4 Å². The van der Waals surface area contributed by atoms with Crippen molar-refractivity contribution in [2.24, 2.45) is 0 Å². The molecule has 6 heteroatoms. The molecule has 0 aliphatic heterocycles. The summed E-state index contributed by atoms with van der Waals surface area (Å²) < 4.78 is 4.99. The van der Waals surface area contributed by atoms with Crippen molar-refractivity contribution in [1.29, 1.82) is 0 Å². The zero-order chi connectivity index (χ0) is 14.3. The van der Waals surface area contributed by atoms with E-state index in [-0.39, 0.29) is 5.56 Å². The predicted octanol–water partition coefficient (Wildman–Crippen LogP) is 0.957. The summed E-state index contributed by atoms with van der Waals surface area (Å²) in [6.07, 6.45) is 0. The van der Waals surface area contributed by atoms with Crippen molar-refractivity contribution in [2.45, 2.75) is 0 Å². The second kappa shape index (κ2) is 7.60.